The second-order valence-corrected chi connectivity index (χ2v) is 1.49. The molecule has 0 aromatic rings. The van der Waals surface area contributed by atoms with Crippen molar-refractivity contribution in [1.29, 1.82) is 0 Å². The predicted octanol–water partition coefficient (Wildman–Crippen LogP) is 0.604. The van der Waals surface area contributed by atoms with Crippen molar-refractivity contribution in [3.8, 4) is 12.5 Å². The van der Waals surface area contributed by atoms with Crippen LogP contribution in [0.15, 0.2) is 0 Å². The van der Waals surface area contributed by atoms with Gasteiger partial charge in [-0.3, -0.25) is 0 Å². The molecular formula is C7H12O3. The summed E-state index contributed by atoms with van der Waals surface area (Å²) >= 11 is 0. The molecule has 0 aromatic heterocycles. The summed E-state index contributed by atoms with van der Waals surface area (Å²) in [6.45, 7) is 3.89. The maximum Gasteiger partial charge on any atom is 0.199 e. The Morgan fingerprint density at radius 1 is 1.30 bits per heavy atom. The fourth-order valence-corrected chi connectivity index (χ4v) is 0.397. The lowest BCUT2D eigenvalue weighted by Gasteiger charge is -2.01. The third kappa shape index (κ3) is 7.28. The Hall–Kier alpha value is -0.720. The highest BCUT2D eigenvalue weighted by Crippen LogP contribution is 1.78. The van der Waals surface area contributed by atoms with Crippen LogP contribution in [-0.4, -0.2) is 26.6 Å². The molecule has 0 saturated heterocycles. The summed E-state index contributed by atoms with van der Waals surface area (Å²) in [7, 11) is 0. The molecule has 0 saturated carbocycles. The molecule has 0 unspecified atom stereocenters. The molecule has 0 aliphatic carbocycles. The fraction of sp³-hybridized carbons (Fsp3) is 0.714. The van der Waals surface area contributed by atoms with Gasteiger partial charge in [0, 0.05) is 6.61 Å². The van der Waals surface area contributed by atoms with Gasteiger partial charge in [0.2, 0.25) is 0 Å². The van der Waals surface area contributed by atoms with Crippen molar-refractivity contribution in [2.45, 2.75) is 6.92 Å². The van der Waals surface area contributed by atoms with E-state index >= 15 is 0 Å². The molecule has 0 atom stereocenters. The average Bonchev–Trinajstić information content (AvgIpc) is 1.97. The van der Waals surface area contributed by atoms with Gasteiger partial charge in [0.1, 0.15) is 6.11 Å². The molecule has 0 radical (unpaired) electrons. The summed E-state index contributed by atoms with van der Waals surface area (Å²) in [6.07, 6.45) is 6.78. The summed E-state index contributed by atoms with van der Waals surface area (Å²) in [5, 5.41) is 0. The van der Waals surface area contributed by atoms with Gasteiger partial charge in [0.15, 0.2) is 6.79 Å². The topological polar surface area (TPSA) is 27.7 Å². The number of terminal acetylenes is 1. The van der Waals surface area contributed by atoms with Gasteiger partial charge in [-0.05, 0) is 6.92 Å². The molecule has 58 valence electrons. The molecule has 10 heavy (non-hydrogen) atoms. The standard InChI is InChI=1S/C7H12O3/c1-3-8-5-6-10-7-9-4-2/h2H,3,5-7H2,1H3. The van der Waals surface area contributed by atoms with Crippen LogP contribution in [0.4, 0.5) is 0 Å². The SMILES string of the molecule is C#COCOCCOCC. The second kappa shape index (κ2) is 8.28. The Labute approximate surface area is 61.3 Å². The normalized spacial score (nSPS) is 8.80. The lowest BCUT2D eigenvalue weighted by atomic mass is 10.7. The van der Waals surface area contributed by atoms with E-state index in [0.29, 0.717) is 19.8 Å². The van der Waals surface area contributed by atoms with E-state index in [1.54, 1.807) is 0 Å². The third-order valence-corrected chi connectivity index (χ3v) is 0.802. The van der Waals surface area contributed by atoms with E-state index in [2.05, 4.69) is 4.74 Å². The fourth-order valence-electron chi connectivity index (χ4n) is 0.397. The largest absolute Gasteiger partial charge is 0.418 e. The van der Waals surface area contributed by atoms with E-state index < -0.39 is 0 Å². The van der Waals surface area contributed by atoms with Gasteiger partial charge >= 0.3 is 0 Å². The van der Waals surface area contributed by atoms with Gasteiger partial charge in [-0.25, -0.2) is 0 Å². The van der Waals surface area contributed by atoms with Crippen LogP contribution in [0.5, 0.6) is 0 Å². The van der Waals surface area contributed by atoms with Crippen molar-refractivity contribution in [1.82, 2.24) is 0 Å². The molecular weight excluding hydrogens is 132 g/mol. The van der Waals surface area contributed by atoms with Gasteiger partial charge in [-0.2, -0.15) is 0 Å². The quantitative estimate of drug-likeness (QED) is 0.310. The summed E-state index contributed by atoms with van der Waals surface area (Å²) < 4.78 is 14.3. The number of rotatable bonds is 6. The maximum atomic E-state index is 4.98. The number of hydrogen-bond donors (Lipinski definition) is 0. The molecule has 0 aromatic carbocycles. The first-order valence-electron chi connectivity index (χ1n) is 3.14. The van der Waals surface area contributed by atoms with Gasteiger partial charge < -0.3 is 14.2 Å². The van der Waals surface area contributed by atoms with Gasteiger partial charge in [0.25, 0.3) is 0 Å². The average molecular weight is 144 g/mol. The van der Waals surface area contributed by atoms with Crippen molar-refractivity contribution >= 4 is 0 Å². The van der Waals surface area contributed by atoms with E-state index in [0.717, 1.165) is 0 Å². The minimum Gasteiger partial charge on any atom is -0.418 e. The molecule has 3 nitrogen and oxygen atoms in total. The van der Waals surface area contributed by atoms with Crippen LogP contribution in [0, 0.1) is 12.5 Å². The molecule has 0 bridgehead atoms. The smallest absolute Gasteiger partial charge is 0.199 e. The highest BCUT2D eigenvalue weighted by atomic mass is 16.7. The lowest BCUT2D eigenvalue weighted by Crippen LogP contribution is -2.05. The van der Waals surface area contributed by atoms with Crippen LogP contribution in [0.3, 0.4) is 0 Å². The lowest BCUT2D eigenvalue weighted by molar-refractivity contribution is -0.0275. The van der Waals surface area contributed by atoms with E-state index in [-0.39, 0.29) is 6.79 Å². The first-order valence-corrected chi connectivity index (χ1v) is 3.14. The van der Waals surface area contributed by atoms with Crippen molar-refractivity contribution in [3.05, 3.63) is 0 Å². The zero-order chi connectivity index (χ0) is 7.66. The Kier molecular flexibility index (Phi) is 7.68. The first kappa shape index (κ1) is 9.28. The van der Waals surface area contributed by atoms with Gasteiger partial charge in [-0.15, -0.1) is 0 Å². The zero-order valence-electron chi connectivity index (χ0n) is 6.13. The minimum atomic E-state index is 0.142. The molecule has 0 heterocycles. The summed E-state index contributed by atoms with van der Waals surface area (Å²) in [5.74, 6) is 0. The van der Waals surface area contributed by atoms with Gasteiger partial charge in [0.05, 0.1) is 13.2 Å². The molecule has 0 aliphatic heterocycles. The first-order chi connectivity index (χ1) is 4.91. The van der Waals surface area contributed by atoms with Crippen LogP contribution in [0.1, 0.15) is 6.92 Å². The monoisotopic (exact) mass is 144 g/mol. The summed E-state index contributed by atoms with van der Waals surface area (Å²) in [5.41, 5.74) is 0. The Morgan fingerprint density at radius 2 is 2.00 bits per heavy atom. The van der Waals surface area contributed by atoms with Crippen LogP contribution in [-0.2, 0) is 14.2 Å². The van der Waals surface area contributed by atoms with E-state index in [9.17, 15) is 0 Å². The number of hydrogen-bond acceptors (Lipinski definition) is 3. The maximum absolute atomic E-state index is 4.98. The zero-order valence-corrected chi connectivity index (χ0v) is 6.13. The summed E-state index contributed by atoms with van der Waals surface area (Å²) in [6, 6.07) is 0. The van der Waals surface area contributed by atoms with Crippen LogP contribution >= 0.6 is 0 Å². The van der Waals surface area contributed by atoms with Crippen molar-refractivity contribution in [2.24, 2.45) is 0 Å². The Morgan fingerprint density at radius 3 is 2.60 bits per heavy atom. The number of ether oxygens (including phenoxy) is 3. The third-order valence-electron chi connectivity index (χ3n) is 0.802. The molecule has 3 heteroatoms. The molecule has 0 spiro atoms. The van der Waals surface area contributed by atoms with Gasteiger partial charge in [-0.1, -0.05) is 6.42 Å². The van der Waals surface area contributed by atoms with Crippen LogP contribution < -0.4 is 0 Å². The van der Waals surface area contributed by atoms with E-state index in [1.807, 2.05) is 13.0 Å². The van der Waals surface area contributed by atoms with Crippen molar-refractivity contribution < 1.29 is 14.2 Å². The van der Waals surface area contributed by atoms with E-state index in [1.165, 1.54) is 0 Å². The molecule has 0 rings (SSSR count). The van der Waals surface area contributed by atoms with E-state index in [4.69, 9.17) is 15.9 Å². The minimum absolute atomic E-state index is 0.142. The molecule has 0 fully saturated rings. The Balaban J connectivity index is 2.72. The van der Waals surface area contributed by atoms with Crippen LogP contribution in [0.2, 0.25) is 0 Å². The second-order valence-electron chi connectivity index (χ2n) is 1.49. The van der Waals surface area contributed by atoms with Crippen molar-refractivity contribution in [3.63, 3.8) is 0 Å². The Bertz CT molecular complexity index is 95.5. The molecule has 0 N–H and O–H groups in total. The van der Waals surface area contributed by atoms with Crippen molar-refractivity contribution in [2.75, 3.05) is 26.6 Å². The predicted molar refractivity (Wildman–Crippen MR) is 37.2 cm³/mol. The van der Waals surface area contributed by atoms with Crippen LogP contribution in [0.25, 0.3) is 0 Å². The highest BCUT2D eigenvalue weighted by Gasteiger charge is 1.85. The molecule has 0 amide bonds. The summed E-state index contributed by atoms with van der Waals surface area (Å²) in [4.78, 5) is 0. The molecule has 0 aliphatic rings. The highest BCUT2D eigenvalue weighted by molar-refractivity contribution is 4.66.